The second-order valence-corrected chi connectivity index (χ2v) is 9.52. The molecule has 0 atom stereocenters. The summed E-state index contributed by atoms with van der Waals surface area (Å²) in [6, 6.07) is 11.2. The van der Waals surface area contributed by atoms with Gasteiger partial charge in [0.15, 0.2) is 0 Å². The van der Waals surface area contributed by atoms with Crippen molar-refractivity contribution < 1.29 is 17.6 Å². The van der Waals surface area contributed by atoms with Gasteiger partial charge in [0.25, 0.3) is 5.91 Å². The van der Waals surface area contributed by atoms with Crippen LogP contribution in [0.3, 0.4) is 0 Å². The number of nitrogens with one attached hydrogen (secondary N) is 1. The molecule has 1 N–H and O–H groups in total. The first-order valence-corrected chi connectivity index (χ1v) is 11.0. The highest BCUT2D eigenvalue weighted by molar-refractivity contribution is 7.89. The van der Waals surface area contributed by atoms with Gasteiger partial charge in [0, 0.05) is 24.2 Å². The number of nitrogens with zero attached hydrogens (tertiary/aromatic N) is 1. The molecule has 0 spiro atoms. The zero-order chi connectivity index (χ0) is 19.9. The Kier molecular flexibility index (Phi) is 4.97. The summed E-state index contributed by atoms with van der Waals surface area (Å²) < 4.78 is 41.9. The van der Waals surface area contributed by atoms with Crippen LogP contribution >= 0.6 is 0 Å². The number of hydrogen-bond acceptors (Lipinski definition) is 3. The van der Waals surface area contributed by atoms with E-state index in [0.717, 1.165) is 31.2 Å². The van der Waals surface area contributed by atoms with Gasteiger partial charge in [-0.25, -0.2) is 12.8 Å². The van der Waals surface area contributed by atoms with Crippen LogP contribution in [0.25, 0.3) is 0 Å². The van der Waals surface area contributed by atoms with Gasteiger partial charge >= 0.3 is 0 Å². The third-order valence-electron chi connectivity index (χ3n) is 5.09. The smallest absolute Gasteiger partial charge is 0.251 e. The van der Waals surface area contributed by atoms with Crippen LogP contribution in [0.15, 0.2) is 47.4 Å². The normalized spacial score (nSPS) is 17.0. The molecule has 2 fully saturated rings. The summed E-state index contributed by atoms with van der Waals surface area (Å²) in [4.78, 5) is 11.8. The first-order valence-electron chi connectivity index (χ1n) is 9.52. The van der Waals surface area contributed by atoms with E-state index < -0.39 is 15.8 Å². The van der Waals surface area contributed by atoms with Gasteiger partial charge in [-0.2, -0.15) is 4.31 Å². The summed E-state index contributed by atoms with van der Waals surface area (Å²) in [6.45, 7) is 1.90. The maximum atomic E-state index is 14.2. The van der Waals surface area contributed by atoms with Crippen molar-refractivity contribution in [3.05, 3.63) is 65.0 Å². The van der Waals surface area contributed by atoms with E-state index >= 15 is 0 Å². The van der Waals surface area contributed by atoms with Crippen LogP contribution in [0.4, 0.5) is 4.39 Å². The maximum absolute atomic E-state index is 14.2. The van der Waals surface area contributed by atoms with Gasteiger partial charge in [-0.3, -0.25) is 4.79 Å². The highest BCUT2D eigenvalue weighted by Crippen LogP contribution is 2.34. The number of rotatable bonds is 7. The Morgan fingerprint density at radius 2 is 1.79 bits per heavy atom. The molecule has 0 unspecified atom stereocenters. The molecular formula is C21H23FN2O3S. The van der Waals surface area contributed by atoms with Crippen molar-refractivity contribution >= 4 is 15.9 Å². The maximum Gasteiger partial charge on any atom is 0.251 e. The summed E-state index contributed by atoms with van der Waals surface area (Å²) in [5.74, 6) is -0.842. The molecule has 0 aromatic heterocycles. The average Bonchev–Trinajstić information content (AvgIpc) is 3.57. The molecule has 2 aromatic rings. The van der Waals surface area contributed by atoms with E-state index in [1.54, 1.807) is 37.3 Å². The molecule has 5 nitrogen and oxygen atoms in total. The molecule has 0 heterocycles. The Hall–Kier alpha value is -2.25. The zero-order valence-electron chi connectivity index (χ0n) is 15.7. The molecule has 2 saturated carbocycles. The predicted molar refractivity (Wildman–Crippen MR) is 104 cm³/mol. The van der Waals surface area contributed by atoms with Gasteiger partial charge in [0.05, 0.1) is 0 Å². The van der Waals surface area contributed by atoms with Crippen LogP contribution in [-0.2, 0) is 16.6 Å². The van der Waals surface area contributed by atoms with Gasteiger partial charge in [0.2, 0.25) is 10.0 Å². The Bertz CT molecular complexity index is 997. The number of carbonyl (C=O) groups excluding carboxylic acids is 1. The van der Waals surface area contributed by atoms with Crippen molar-refractivity contribution in [2.45, 2.75) is 56.1 Å². The fourth-order valence-electron chi connectivity index (χ4n) is 3.15. The fourth-order valence-corrected chi connectivity index (χ4v) is 4.97. The fraction of sp³-hybridized carbons (Fsp3) is 0.381. The third kappa shape index (κ3) is 4.10. The monoisotopic (exact) mass is 402 g/mol. The van der Waals surface area contributed by atoms with E-state index in [-0.39, 0.29) is 29.4 Å². The molecule has 2 aliphatic rings. The number of hydrogen-bond donors (Lipinski definition) is 1. The van der Waals surface area contributed by atoms with Gasteiger partial charge in [0.1, 0.15) is 10.7 Å². The molecular weight excluding hydrogens is 379 g/mol. The van der Waals surface area contributed by atoms with Crippen molar-refractivity contribution in [1.29, 1.82) is 0 Å². The molecule has 2 aliphatic carbocycles. The van der Waals surface area contributed by atoms with Crippen molar-refractivity contribution in [2.24, 2.45) is 0 Å². The molecule has 0 saturated heterocycles. The van der Waals surface area contributed by atoms with E-state index in [1.807, 2.05) is 0 Å². The minimum atomic E-state index is -3.94. The summed E-state index contributed by atoms with van der Waals surface area (Å²) in [5.41, 5.74) is 2.02. The molecule has 2 aromatic carbocycles. The Morgan fingerprint density at radius 3 is 2.39 bits per heavy atom. The van der Waals surface area contributed by atoms with Crippen LogP contribution < -0.4 is 5.32 Å². The SMILES string of the molecule is Cc1ccc(F)c(S(=O)(=O)N(Cc2ccc(C(=O)NC3CC3)cc2)C2CC2)c1. The molecule has 0 bridgehead atoms. The van der Waals surface area contributed by atoms with Gasteiger partial charge < -0.3 is 5.32 Å². The number of carbonyl (C=O) groups is 1. The lowest BCUT2D eigenvalue weighted by Crippen LogP contribution is -2.33. The lowest BCUT2D eigenvalue weighted by Gasteiger charge is -2.22. The van der Waals surface area contributed by atoms with E-state index in [0.29, 0.717) is 11.1 Å². The average molecular weight is 402 g/mol. The van der Waals surface area contributed by atoms with Crippen molar-refractivity contribution in [1.82, 2.24) is 9.62 Å². The minimum Gasteiger partial charge on any atom is -0.349 e. The Labute approximate surface area is 164 Å². The van der Waals surface area contributed by atoms with Crippen LogP contribution in [-0.4, -0.2) is 30.7 Å². The van der Waals surface area contributed by atoms with Crippen molar-refractivity contribution in [3.63, 3.8) is 0 Å². The van der Waals surface area contributed by atoms with E-state index in [4.69, 9.17) is 0 Å². The van der Waals surface area contributed by atoms with Crippen LogP contribution in [0.5, 0.6) is 0 Å². The van der Waals surface area contributed by atoms with Crippen molar-refractivity contribution in [3.8, 4) is 0 Å². The van der Waals surface area contributed by atoms with Crippen LogP contribution in [0.1, 0.15) is 47.2 Å². The standard InChI is InChI=1S/C21H23FN2O3S/c1-14-2-11-19(22)20(12-14)28(26,27)24(18-9-10-18)13-15-3-5-16(6-4-15)21(25)23-17-7-8-17/h2-6,11-12,17-18H,7-10,13H2,1H3,(H,23,25). The molecule has 0 radical (unpaired) electrons. The number of halogens is 1. The number of amides is 1. The van der Waals surface area contributed by atoms with Crippen LogP contribution in [0, 0.1) is 12.7 Å². The molecule has 0 aliphatic heterocycles. The molecule has 4 rings (SSSR count). The Morgan fingerprint density at radius 1 is 1.11 bits per heavy atom. The predicted octanol–water partition coefficient (Wildman–Crippen LogP) is 3.38. The molecule has 148 valence electrons. The lowest BCUT2D eigenvalue weighted by molar-refractivity contribution is 0.0951. The van der Waals surface area contributed by atoms with Gasteiger partial charge in [-0.05, 0) is 68.0 Å². The highest BCUT2D eigenvalue weighted by atomic mass is 32.2. The summed E-state index contributed by atoms with van der Waals surface area (Å²) >= 11 is 0. The summed E-state index contributed by atoms with van der Waals surface area (Å²) in [7, 11) is -3.94. The number of sulfonamides is 1. The first kappa shape index (κ1) is 19.1. The summed E-state index contributed by atoms with van der Waals surface area (Å²) in [6.07, 6.45) is 3.59. The van der Waals surface area contributed by atoms with Gasteiger partial charge in [-0.15, -0.1) is 0 Å². The van der Waals surface area contributed by atoms with Crippen LogP contribution in [0.2, 0.25) is 0 Å². The molecule has 1 amide bonds. The number of aryl methyl sites for hydroxylation is 1. The van der Waals surface area contributed by atoms with Crippen molar-refractivity contribution in [2.75, 3.05) is 0 Å². The largest absolute Gasteiger partial charge is 0.349 e. The summed E-state index contributed by atoms with van der Waals surface area (Å²) in [5, 5.41) is 2.93. The second-order valence-electron chi connectivity index (χ2n) is 7.66. The zero-order valence-corrected chi connectivity index (χ0v) is 16.5. The van der Waals surface area contributed by atoms with Gasteiger partial charge in [-0.1, -0.05) is 18.2 Å². The second kappa shape index (κ2) is 7.29. The van der Waals surface area contributed by atoms with E-state index in [9.17, 15) is 17.6 Å². The topological polar surface area (TPSA) is 66.5 Å². The van der Waals surface area contributed by atoms with E-state index in [1.165, 1.54) is 16.4 Å². The molecule has 28 heavy (non-hydrogen) atoms. The first-order chi connectivity index (χ1) is 13.3. The minimum absolute atomic E-state index is 0.109. The quantitative estimate of drug-likeness (QED) is 0.772. The third-order valence-corrected chi connectivity index (χ3v) is 7.01. The van der Waals surface area contributed by atoms with E-state index in [2.05, 4.69) is 5.32 Å². The highest BCUT2D eigenvalue weighted by Gasteiger charge is 2.39. The lowest BCUT2D eigenvalue weighted by atomic mass is 10.1. The molecule has 7 heteroatoms. The Balaban J connectivity index is 1.55. The number of benzene rings is 2.